The molecule has 22 heavy (non-hydrogen) atoms. The maximum Gasteiger partial charge on any atom is 0.348 e. The third-order valence-electron chi connectivity index (χ3n) is 2.71. The minimum atomic E-state index is -1.31. The van der Waals surface area contributed by atoms with Gasteiger partial charge in [0.1, 0.15) is 0 Å². The largest absolute Gasteiger partial charge is 0.466 e. The second-order valence-corrected chi connectivity index (χ2v) is 4.52. The number of hydrogen-bond donors (Lipinski definition) is 0. The lowest BCUT2D eigenvalue weighted by Crippen LogP contribution is -2.32. The van der Waals surface area contributed by atoms with Crippen LogP contribution in [0.4, 0.5) is 0 Å². The summed E-state index contributed by atoms with van der Waals surface area (Å²) in [5.74, 6) is -2.08. The molecule has 1 aromatic rings. The summed E-state index contributed by atoms with van der Waals surface area (Å²) in [6.07, 6.45) is -1.68. The minimum Gasteiger partial charge on any atom is -0.466 e. The van der Waals surface area contributed by atoms with E-state index in [9.17, 15) is 14.4 Å². The van der Waals surface area contributed by atoms with Crippen LogP contribution in [0, 0.1) is 6.92 Å². The van der Waals surface area contributed by atoms with Gasteiger partial charge in [-0.25, -0.2) is 9.59 Å². The number of hydrogen-bond acceptors (Lipinski definition) is 6. The van der Waals surface area contributed by atoms with E-state index in [1.807, 2.05) is 13.0 Å². The molecule has 1 rings (SSSR count). The van der Waals surface area contributed by atoms with Crippen LogP contribution in [0.3, 0.4) is 0 Å². The lowest BCUT2D eigenvalue weighted by molar-refractivity contribution is -0.160. The zero-order chi connectivity index (χ0) is 16.5. The molecule has 6 heteroatoms. The molecule has 0 aliphatic rings. The molecule has 0 N–H and O–H groups in total. The van der Waals surface area contributed by atoms with Crippen LogP contribution in [0.2, 0.25) is 0 Å². The average molecular weight is 308 g/mol. The van der Waals surface area contributed by atoms with Gasteiger partial charge in [0.25, 0.3) is 0 Å². The van der Waals surface area contributed by atoms with Gasteiger partial charge in [-0.1, -0.05) is 17.7 Å². The third-order valence-corrected chi connectivity index (χ3v) is 2.71. The first kappa shape index (κ1) is 17.7. The Kier molecular flexibility index (Phi) is 7.08. The van der Waals surface area contributed by atoms with Gasteiger partial charge in [0, 0.05) is 0 Å². The Labute approximate surface area is 129 Å². The van der Waals surface area contributed by atoms with Crippen LogP contribution >= 0.6 is 0 Å². The molecule has 0 saturated carbocycles. The Bertz CT molecular complexity index is 537. The molecule has 0 radical (unpaired) electrons. The van der Waals surface area contributed by atoms with Gasteiger partial charge in [0.15, 0.2) is 0 Å². The Hall–Kier alpha value is -2.37. The van der Waals surface area contributed by atoms with E-state index in [0.29, 0.717) is 5.56 Å². The Morgan fingerprint density at radius 2 is 1.77 bits per heavy atom. The summed E-state index contributed by atoms with van der Waals surface area (Å²) >= 11 is 0. The SMILES string of the molecule is CCOC(=O)C[C@H](OC(=O)c1cccc(C)c1)C(=O)OCC. The van der Waals surface area contributed by atoms with Crippen LogP contribution in [0.5, 0.6) is 0 Å². The summed E-state index contributed by atoms with van der Waals surface area (Å²) < 4.78 is 14.7. The number of ether oxygens (including phenoxy) is 3. The molecule has 0 amide bonds. The van der Waals surface area contributed by atoms with Crippen LogP contribution in [0.15, 0.2) is 24.3 Å². The van der Waals surface area contributed by atoms with Crippen molar-refractivity contribution in [3.63, 3.8) is 0 Å². The molecule has 1 aromatic carbocycles. The van der Waals surface area contributed by atoms with Crippen molar-refractivity contribution in [2.45, 2.75) is 33.3 Å². The predicted molar refractivity (Wildman–Crippen MR) is 78.3 cm³/mol. The van der Waals surface area contributed by atoms with Gasteiger partial charge >= 0.3 is 17.9 Å². The smallest absolute Gasteiger partial charge is 0.348 e. The van der Waals surface area contributed by atoms with Crippen molar-refractivity contribution in [1.29, 1.82) is 0 Å². The standard InChI is InChI=1S/C16H20O6/c1-4-20-14(17)10-13(16(19)21-5-2)22-15(18)12-8-6-7-11(3)9-12/h6-9,13H,4-5,10H2,1-3H3/t13-/m0/s1. The molecule has 0 unspecified atom stereocenters. The van der Waals surface area contributed by atoms with E-state index in [2.05, 4.69) is 0 Å². The van der Waals surface area contributed by atoms with Gasteiger partial charge in [-0.15, -0.1) is 0 Å². The van der Waals surface area contributed by atoms with E-state index in [-0.39, 0.29) is 19.6 Å². The third kappa shape index (κ3) is 5.55. The highest BCUT2D eigenvalue weighted by Crippen LogP contribution is 2.11. The van der Waals surface area contributed by atoms with E-state index < -0.39 is 24.0 Å². The van der Waals surface area contributed by atoms with Crippen LogP contribution in [-0.4, -0.2) is 37.2 Å². The van der Waals surface area contributed by atoms with Crippen molar-refractivity contribution >= 4 is 17.9 Å². The number of rotatable bonds is 7. The highest BCUT2D eigenvalue weighted by molar-refractivity contribution is 5.92. The van der Waals surface area contributed by atoms with Crippen molar-refractivity contribution in [2.24, 2.45) is 0 Å². The van der Waals surface area contributed by atoms with E-state index in [0.717, 1.165) is 5.56 Å². The second kappa shape index (κ2) is 8.81. The molecule has 0 bridgehead atoms. The molecule has 0 heterocycles. The highest BCUT2D eigenvalue weighted by atomic mass is 16.6. The highest BCUT2D eigenvalue weighted by Gasteiger charge is 2.28. The summed E-state index contributed by atoms with van der Waals surface area (Å²) in [6, 6.07) is 6.74. The first-order valence-electron chi connectivity index (χ1n) is 7.07. The number of benzene rings is 1. The fraction of sp³-hybridized carbons (Fsp3) is 0.438. The number of carbonyl (C=O) groups is 3. The molecule has 6 nitrogen and oxygen atoms in total. The monoisotopic (exact) mass is 308 g/mol. The van der Waals surface area contributed by atoms with Crippen LogP contribution in [0.25, 0.3) is 0 Å². The Morgan fingerprint density at radius 1 is 1.09 bits per heavy atom. The normalized spacial score (nSPS) is 11.4. The van der Waals surface area contributed by atoms with Crippen LogP contribution in [0.1, 0.15) is 36.2 Å². The molecule has 0 aliphatic carbocycles. The lowest BCUT2D eigenvalue weighted by atomic mass is 10.1. The summed E-state index contributed by atoms with van der Waals surface area (Å²) in [5, 5.41) is 0. The molecule has 0 aliphatic heterocycles. The fourth-order valence-electron chi connectivity index (χ4n) is 1.75. The zero-order valence-corrected chi connectivity index (χ0v) is 13.0. The molecule has 1 atom stereocenters. The molecule has 120 valence electrons. The van der Waals surface area contributed by atoms with E-state index in [1.54, 1.807) is 32.0 Å². The fourth-order valence-corrected chi connectivity index (χ4v) is 1.75. The van der Waals surface area contributed by atoms with Gasteiger partial charge in [-0.05, 0) is 32.9 Å². The first-order chi connectivity index (χ1) is 10.5. The van der Waals surface area contributed by atoms with Crippen molar-refractivity contribution in [1.82, 2.24) is 0 Å². The number of carbonyl (C=O) groups excluding carboxylic acids is 3. The maximum atomic E-state index is 12.1. The van der Waals surface area contributed by atoms with Gasteiger partial charge in [0.05, 0.1) is 25.2 Å². The first-order valence-corrected chi connectivity index (χ1v) is 7.07. The van der Waals surface area contributed by atoms with E-state index in [1.165, 1.54) is 0 Å². The van der Waals surface area contributed by atoms with E-state index >= 15 is 0 Å². The maximum absolute atomic E-state index is 12.1. The van der Waals surface area contributed by atoms with Gasteiger partial charge in [-0.3, -0.25) is 4.79 Å². The van der Waals surface area contributed by atoms with Crippen molar-refractivity contribution in [3.8, 4) is 0 Å². The van der Waals surface area contributed by atoms with Crippen LogP contribution in [-0.2, 0) is 23.8 Å². The molecule has 0 saturated heterocycles. The molecular weight excluding hydrogens is 288 g/mol. The van der Waals surface area contributed by atoms with Gasteiger partial charge in [-0.2, -0.15) is 0 Å². The number of aryl methyl sites for hydroxylation is 1. The predicted octanol–water partition coefficient (Wildman–Crippen LogP) is 2.04. The van der Waals surface area contributed by atoms with Crippen molar-refractivity contribution in [2.75, 3.05) is 13.2 Å². The molecular formula is C16H20O6. The molecule has 0 spiro atoms. The minimum absolute atomic E-state index is 0.125. The Balaban J connectivity index is 2.80. The summed E-state index contributed by atoms with van der Waals surface area (Å²) in [7, 11) is 0. The van der Waals surface area contributed by atoms with Crippen LogP contribution < -0.4 is 0 Å². The van der Waals surface area contributed by atoms with Crippen molar-refractivity contribution in [3.05, 3.63) is 35.4 Å². The van der Waals surface area contributed by atoms with Gasteiger partial charge in [0.2, 0.25) is 6.10 Å². The van der Waals surface area contributed by atoms with Gasteiger partial charge < -0.3 is 14.2 Å². The quantitative estimate of drug-likeness (QED) is 0.566. The second-order valence-electron chi connectivity index (χ2n) is 4.52. The van der Waals surface area contributed by atoms with Crippen molar-refractivity contribution < 1.29 is 28.6 Å². The lowest BCUT2D eigenvalue weighted by Gasteiger charge is -2.16. The molecule has 0 fully saturated rings. The summed E-state index contributed by atoms with van der Waals surface area (Å²) in [6.45, 7) is 5.41. The van der Waals surface area contributed by atoms with E-state index in [4.69, 9.17) is 14.2 Å². The topological polar surface area (TPSA) is 78.9 Å². The average Bonchev–Trinajstić information content (AvgIpc) is 2.47. The summed E-state index contributed by atoms with van der Waals surface area (Å²) in [4.78, 5) is 35.4. The number of esters is 3. The Morgan fingerprint density at radius 3 is 2.36 bits per heavy atom. The molecule has 0 aromatic heterocycles. The zero-order valence-electron chi connectivity index (χ0n) is 13.0. The summed E-state index contributed by atoms with van der Waals surface area (Å²) in [5.41, 5.74) is 1.19.